The van der Waals surface area contributed by atoms with E-state index in [1.165, 1.54) is 0 Å². The number of nitrogens with zero attached hydrogens (tertiary/aromatic N) is 1. The second-order valence-electron chi connectivity index (χ2n) is 4.72. The van der Waals surface area contributed by atoms with E-state index in [1.54, 1.807) is 11.3 Å². The van der Waals surface area contributed by atoms with Crippen molar-refractivity contribution in [1.82, 2.24) is 15.6 Å². The van der Waals surface area contributed by atoms with E-state index in [9.17, 15) is 9.90 Å². The Kier molecular flexibility index (Phi) is 5.30. The van der Waals surface area contributed by atoms with Crippen LogP contribution in [0.25, 0.3) is 0 Å². The highest BCUT2D eigenvalue weighted by molar-refractivity contribution is 7.11. The molecule has 0 bridgehead atoms. The van der Waals surface area contributed by atoms with Crippen molar-refractivity contribution in [3.05, 3.63) is 51.5 Å². The van der Waals surface area contributed by atoms with Gasteiger partial charge in [0.15, 0.2) is 0 Å². The highest BCUT2D eigenvalue weighted by Gasteiger charge is 2.13. The normalized spacial score (nSPS) is 12.0. The smallest absolute Gasteiger partial charge is 0.315 e. The molecular formula is C15H19N3O2S. The number of rotatable bonds is 5. The summed E-state index contributed by atoms with van der Waals surface area (Å²) in [4.78, 5) is 17.4. The van der Waals surface area contributed by atoms with Crippen molar-refractivity contribution in [1.29, 1.82) is 0 Å². The molecule has 0 unspecified atom stereocenters. The molecule has 0 saturated heterocycles. The minimum atomic E-state index is -0.411. The predicted octanol–water partition coefficient (Wildman–Crippen LogP) is 2.29. The van der Waals surface area contributed by atoms with Gasteiger partial charge in [0, 0.05) is 4.88 Å². The lowest BCUT2D eigenvalue weighted by molar-refractivity contribution is 0.216. The zero-order valence-corrected chi connectivity index (χ0v) is 12.9. The number of nitrogens with one attached hydrogen (secondary N) is 2. The van der Waals surface area contributed by atoms with Crippen molar-refractivity contribution in [2.75, 3.05) is 6.61 Å². The number of hydrogen-bond donors (Lipinski definition) is 3. The average molecular weight is 305 g/mol. The number of amides is 2. The molecule has 5 nitrogen and oxygen atoms in total. The van der Waals surface area contributed by atoms with Crippen LogP contribution in [0.5, 0.6) is 0 Å². The lowest BCUT2D eigenvalue weighted by Gasteiger charge is -2.16. The molecule has 0 saturated carbocycles. The number of aliphatic hydroxyl groups excluding tert-OH is 1. The quantitative estimate of drug-likeness (QED) is 0.793. The topological polar surface area (TPSA) is 74.2 Å². The molecule has 0 aliphatic carbocycles. The van der Waals surface area contributed by atoms with E-state index >= 15 is 0 Å². The van der Waals surface area contributed by atoms with Crippen LogP contribution >= 0.6 is 11.3 Å². The van der Waals surface area contributed by atoms with E-state index in [1.807, 2.05) is 44.2 Å². The summed E-state index contributed by atoms with van der Waals surface area (Å²) >= 11 is 1.57. The number of urea groups is 1. The van der Waals surface area contributed by atoms with Gasteiger partial charge in [-0.05, 0) is 19.4 Å². The van der Waals surface area contributed by atoms with Crippen LogP contribution in [0.15, 0.2) is 30.3 Å². The summed E-state index contributed by atoms with van der Waals surface area (Å²) in [5.74, 6) is 0. The maximum atomic E-state index is 11.9. The van der Waals surface area contributed by atoms with Crippen LogP contribution in [0.4, 0.5) is 4.79 Å². The minimum absolute atomic E-state index is 0.146. The van der Waals surface area contributed by atoms with Gasteiger partial charge >= 0.3 is 6.03 Å². The fourth-order valence-electron chi connectivity index (χ4n) is 1.90. The second kappa shape index (κ2) is 7.19. The summed E-state index contributed by atoms with van der Waals surface area (Å²) in [7, 11) is 0. The van der Waals surface area contributed by atoms with Crippen LogP contribution in [-0.2, 0) is 6.54 Å². The molecule has 3 N–H and O–H groups in total. The summed E-state index contributed by atoms with van der Waals surface area (Å²) in [5, 5.41) is 15.8. The van der Waals surface area contributed by atoms with Crippen LogP contribution in [0.3, 0.4) is 0 Å². The number of carbonyl (C=O) groups is 1. The molecule has 2 amide bonds. The Morgan fingerprint density at radius 3 is 2.62 bits per heavy atom. The van der Waals surface area contributed by atoms with E-state index in [0.717, 1.165) is 21.1 Å². The van der Waals surface area contributed by atoms with E-state index in [0.29, 0.717) is 6.54 Å². The fraction of sp³-hybridized carbons (Fsp3) is 0.333. The zero-order chi connectivity index (χ0) is 15.2. The summed E-state index contributed by atoms with van der Waals surface area (Å²) in [6.45, 7) is 4.20. The van der Waals surface area contributed by atoms with Crippen LogP contribution < -0.4 is 10.6 Å². The van der Waals surface area contributed by atoms with Gasteiger partial charge in [0.05, 0.1) is 24.9 Å². The molecule has 0 fully saturated rings. The van der Waals surface area contributed by atoms with Crippen molar-refractivity contribution in [3.8, 4) is 0 Å². The van der Waals surface area contributed by atoms with Crippen LogP contribution in [-0.4, -0.2) is 22.7 Å². The van der Waals surface area contributed by atoms with Crippen LogP contribution in [0.2, 0.25) is 0 Å². The zero-order valence-electron chi connectivity index (χ0n) is 12.1. The minimum Gasteiger partial charge on any atom is -0.394 e. The number of aliphatic hydroxyl groups is 1. The Balaban J connectivity index is 1.88. The molecule has 0 aliphatic rings. The van der Waals surface area contributed by atoms with Crippen molar-refractivity contribution in [2.24, 2.45) is 0 Å². The third-order valence-corrected chi connectivity index (χ3v) is 4.24. The predicted molar refractivity (Wildman–Crippen MR) is 83.2 cm³/mol. The number of benzene rings is 1. The molecule has 0 radical (unpaired) electrons. The molecule has 112 valence electrons. The van der Waals surface area contributed by atoms with Crippen molar-refractivity contribution in [3.63, 3.8) is 0 Å². The average Bonchev–Trinajstić information content (AvgIpc) is 2.82. The number of carbonyl (C=O) groups excluding carboxylic acids is 1. The van der Waals surface area contributed by atoms with Gasteiger partial charge in [-0.2, -0.15) is 0 Å². The lowest BCUT2D eigenvalue weighted by atomic mass is 10.1. The third-order valence-electron chi connectivity index (χ3n) is 3.16. The lowest BCUT2D eigenvalue weighted by Crippen LogP contribution is -2.38. The Hall–Kier alpha value is -1.92. The number of aromatic nitrogens is 1. The highest BCUT2D eigenvalue weighted by Crippen LogP contribution is 2.16. The molecule has 2 rings (SSSR count). The van der Waals surface area contributed by atoms with Crippen LogP contribution in [0, 0.1) is 13.8 Å². The van der Waals surface area contributed by atoms with Gasteiger partial charge in [0.25, 0.3) is 0 Å². The fourth-order valence-corrected chi connectivity index (χ4v) is 2.77. The SMILES string of the molecule is Cc1nc(CNC(=O)N[C@@H](CO)c2ccccc2)sc1C. The summed E-state index contributed by atoms with van der Waals surface area (Å²) < 4.78 is 0. The summed E-state index contributed by atoms with van der Waals surface area (Å²) in [6.07, 6.45) is 0. The molecule has 1 aromatic carbocycles. The standard InChI is InChI=1S/C15H19N3O2S/c1-10-11(2)21-14(17-10)8-16-15(20)18-13(9-19)12-6-4-3-5-7-12/h3-7,13,19H,8-9H2,1-2H3,(H2,16,18,20)/t13-/m0/s1. The Morgan fingerprint density at radius 2 is 2.05 bits per heavy atom. The summed E-state index contributed by atoms with van der Waals surface area (Å²) in [5.41, 5.74) is 1.87. The highest BCUT2D eigenvalue weighted by atomic mass is 32.1. The number of thiazole rings is 1. The van der Waals surface area contributed by atoms with E-state index < -0.39 is 6.04 Å². The third kappa shape index (κ3) is 4.27. The number of hydrogen-bond acceptors (Lipinski definition) is 4. The first-order chi connectivity index (χ1) is 10.1. The van der Waals surface area contributed by atoms with Crippen molar-refractivity contribution >= 4 is 17.4 Å². The van der Waals surface area contributed by atoms with Gasteiger partial charge in [-0.1, -0.05) is 30.3 Å². The first-order valence-electron chi connectivity index (χ1n) is 6.73. The van der Waals surface area contributed by atoms with Crippen molar-refractivity contribution < 1.29 is 9.90 Å². The Morgan fingerprint density at radius 1 is 1.33 bits per heavy atom. The molecule has 6 heteroatoms. The Labute approximate surface area is 128 Å². The van der Waals surface area contributed by atoms with Gasteiger partial charge in [-0.25, -0.2) is 9.78 Å². The largest absolute Gasteiger partial charge is 0.394 e. The van der Waals surface area contributed by atoms with Crippen molar-refractivity contribution in [2.45, 2.75) is 26.4 Å². The molecule has 0 aliphatic heterocycles. The maximum absolute atomic E-state index is 11.9. The molecule has 0 spiro atoms. The second-order valence-corrected chi connectivity index (χ2v) is 6.01. The first kappa shape index (κ1) is 15.5. The van der Waals surface area contributed by atoms with Gasteiger partial charge in [-0.15, -0.1) is 11.3 Å². The maximum Gasteiger partial charge on any atom is 0.315 e. The Bertz CT molecular complexity index is 579. The molecule has 1 atom stereocenters. The summed E-state index contributed by atoms with van der Waals surface area (Å²) in [6, 6.07) is 8.65. The molecular weight excluding hydrogens is 286 g/mol. The molecule has 1 heterocycles. The molecule has 1 aromatic heterocycles. The van der Waals surface area contributed by atoms with Gasteiger partial charge in [0.1, 0.15) is 5.01 Å². The number of aryl methyl sites for hydroxylation is 2. The molecule has 21 heavy (non-hydrogen) atoms. The first-order valence-corrected chi connectivity index (χ1v) is 7.55. The van der Waals surface area contributed by atoms with E-state index in [-0.39, 0.29) is 12.6 Å². The monoisotopic (exact) mass is 305 g/mol. The molecule has 2 aromatic rings. The van der Waals surface area contributed by atoms with Crippen LogP contribution in [0.1, 0.15) is 27.2 Å². The van der Waals surface area contributed by atoms with Gasteiger partial charge in [0.2, 0.25) is 0 Å². The van der Waals surface area contributed by atoms with Gasteiger partial charge < -0.3 is 15.7 Å². The van der Waals surface area contributed by atoms with E-state index in [2.05, 4.69) is 15.6 Å². The van der Waals surface area contributed by atoms with Gasteiger partial charge in [-0.3, -0.25) is 0 Å². The van der Waals surface area contributed by atoms with E-state index in [4.69, 9.17) is 0 Å².